The summed E-state index contributed by atoms with van der Waals surface area (Å²) in [5.74, 6) is 0.881. The molecule has 0 aliphatic carbocycles. The third kappa shape index (κ3) is 3.98. The number of halogens is 3. The molecule has 0 radical (unpaired) electrons. The lowest BCUT2D eigenvalue weighted by molar-refractivity contribution is 0.414. The standard InChI is InChI=1S/C15H13Br2ClO/c1-19-12-4-2-3-10(7-12)8-14(17)11-5-6-13(16)15(18)9-11/h2-7,9,14H,8H2,1H3. The zero-order valence-corrected chi connectivity index (χ0v) is 14.3. The van der Waals surface area contributed by atoms with Crippen molar-refractivity contribution in [2.45, 2.75) is 11.2 Å². The van der Waals surface area contributed by atoms with Gasteiger partial charge in [0.2, 0.25) is 0 Å². The molecule has 100 valence electrons. The highest BCUT2D eigenvalue weighted by molar-refractivity contribution is 9.10. The molecule has 19 heavy (non-hydrogen) atoms. The average Bonchev–Trinajstić information content (AvgIpc) is 2.42. The van der Waals surface area contributed by atoms with E-state index in [0.717, 1.165) is 27.2 Å². The van der Waals surface area contributed by atoms with Crippen molar-refractivity contribution in [3.63, 3.8) is 0 Å². The highest BCUT2D eigenvalue weighted by atomic mass is 79.9. The average molecular weight is 405 g/mol. The molecule has 0 N–H and O–H groups in total. The lowest BCUT2D eigenvalue weighted by atomic mass is 10.0. The molecule has 1 atom stereocenters. The highest BCUT2D eigenvalue weighted by Gasteiger charge is 2.10. The summed E-state index contributed by atoms with van der Waals surface area (Å²) in [4.78, 5) is 0.227. The molecule has 4 heteroatoms. The van der Waals surface area contributed by atoms with Gasteiger partial charge in [0.15, 0.2) is 0 Å². The summed E-state index contributed by atoms with van der Waals surface area (Å²) in [6, 6.07) is 14.1. The Morgan fingerprint density at radius 3 is 2.68 bits per heavy atom. The van der Waals surface area contributed by atoms with Gasteiger partial charge < -0.3 is 4.74 Å². The molecule has 0 aromatic heterocycles. The maximum Gasteiger partial charge on any atom is 0.119 e. The van der Waals surface area contributed by atoms with E-state index in [1.54, 1.807) is 7.11 Å². The smallest absolute Gasteiger partial charge is 0.119 e. The fourth-order valence-electron chi connectivity index (χ4n) is 1.83. The van der Waals surface area contributed by atoms with Crippen molar-refractivity contribution in [2.75, 3.05) is 7.11 Å². The van der Waals surface area contributed by atoms with Crippen LogP contribution >= 0.6 is 43.5 Å². The minimum atomic E-state index is 0.227. The van der Waals surface area contributed by atoms with Crippen LogP contribution in [0.1, 0.15) is 16.0 Å². The van der Waals surface area contributed by atoms with Gasteiger partial charge in [0, 0.05) is 9.30 Å². The fourth-order valence-corrected chi connectivity index (χ4v) is 2.93. The largest absolute Gasteiger partial charge is 0.497 e. The quantitative estimate of drug-likeness (QED) is 0.586. The summed E-state index contributed by atoms with van der Waals surface area (Å²) in [5.41, 5.74) is 2.39. The molecule has 2 aromatic carbocycles. The molecule has 2 aromatic rings. The monoisotopic (exact) mass is 402 g/mol. The molecular formula is C15H13Br2ClO. The van der Waals surface area contributed by atoms with Crippen LogP contribution in [-0.2, 0) is 6.42 Å². The lowest BCUT2D eigenvalue weighted by Crippen LogP contribution is -1.96. The minimum absolute atomic E-state index is 0.227. The third-order valence-corrected chi connectivity index (χ3v) is 4.94. The molecule has 0 saturated carbocycles. The van der Waals surface area contributed by atoms with Gasteiger partial charge in [-0.2, -0.15) is 0 Å². The van der Waals surface area contributed by atoms with Crippen molar-refractivity contribution in [1.29, 1.82) is 0 Å². The van der Waals surface area contributed by atoms with E-state index in [0.29, 0.717) is 0 Å². The second-order valence-electron chi connectivity index (χ2n) is 4.20. The first-order valence-corrected chi connectivity index (χ1v) is 7.91. The van der Waals surface area contributed by atoms with Crippen LogP contribution in [-0.4, -0.2) is 7.11 Å². The SMILES string of the molecule is COc1cccc(CC(Br)c2ccc(Br)c(Cl)c2)c1. The lowest BCUT2D eigenvalue weighted by Gasteiger charge is -2.12. The van der Waals surface area contributed by atoms with Crippen molar-refractivity contribution >= 4 is 43.5 Å². The van der Waals surface area contributed by atoms with E-state index in [9.17, 15) is 0 Å². The number of hydrogen-bond acceptors (Lipinski definition) is 1. The molecular weight excluding hydrogens is 391 g/mol. The van der Waals surface area contributed by atoms with E-state index < -0.39 is 0 Å². The third-order valence-electron chi connectivity index (χ3n) is 2.85. The molecule has 0 amide bonds. The molecule has 1 nitrogen and oxygen atoms in total. The maximum atomic E-state index is 6.12. The number of hydrogen-bond donors (Lipinski definition) is 0. The van der Waals surface area contributed by atoms with Crippen molar-refractivity contribution in [2.24, 2.45) is 0 Å². The van der Waals surface area contributed by atoms with Crippen LogP contribution < -0.4 is 4.74 Å². The van der Waals surface area contributed by atoms with Crippen molar-refractivity contribution in [3.05, 3.63) is 63.1 Å². The molecule has 0 bridgehead atoms. The Morgan fingerprint density at radius 2 is 2.00 bits per heavy atom. The number of rotatable bonds is 4. The summed E-state index contributed by atoms with van der Waals surface area (Å²) in [6.45, 7) is 0. The van der Waals surface area contributed by atoms with E-state index in [1.807, 2.05) is 24.3 Å². The highest BCUT2D eigenvalue weighted by Crippen LogP contribution is 2.32. The summed E-state index contributed by atoms with van der Waals surface area (Å²) < 4.78 is 6.15. The van der Waals surface area contributed by atoms with Gasteiger partial charge in [-0.25, -0.2) is 0 Å². The summed E-state index contributed by atoms with van der Waals surface area (Å²) in [5, 5.41) is 0.729. The van der Waals surface area contributed by atoms with Crippen LogP contribution in [0.15, 0.2) is 46.9 Å². The van der Waals surface area contributed by atoms with Gasteiger partial charge in [0.1, 0.15) is 5.75 Å². The van der Waals surface area contributed by atoms with E-state index in [4.69, 9.17) is 16.3 Å². The van der Waals surface area contributed by atoms with E-state index >= 15 is 0 Å². The van der Waals surface area contributed by atoms with E-state index in [-0.39, 0.29) is 4.83 Å². The normalized spacial score (nSPS) is 12.2. The fraction of sp³-hybridized carbons (Fsp3) is 0.200. The van der Waals surface area contributed by atoms with Gasteiger partial charge >= 0.3 is 0 Å². The molecule has 0 fully saturated rings. The molecule has 1 unspecified atom stereocenters. The van der Waals surface area contributed by atoms with Crippen molar-refractivity contribution < 1.29 is 4.74 Å². The Hall–Kier alpha value is -0.510. The molecule has 0 heterocycles. The van der Waals surface area contributed by atoms with Crippen LogP contribution in [0.4, 0.5) is 0 Å². The predicted molar refractivity (Wildman–Crippen MR) is 87.5 cm³/mol. The number of methoxy groups -OCH3 is 1. The molecule has 0 spiro atoms. The molecule has 0 saturated heterocycles. The Bertz CT molecular complexity index is 572. The van der Waals surface area contributed by atoms with Crippen molar-refractivity contribution in [1.82, 2.24) is 0 Å². The Labute approximate surface area is 135 Å². The van der Waals surface area contributed by atoms with E-state index in [1.165, 1.54) is 5.56 Å². The van der Waals surface area contributed by atoms with Gasteiger partial charge in [0.25, 0.3) is 0 Å². The molecule has 0 aliphatic heterocycles. The first kappa shape index (κ1) is 14.9. The second-order valence-corrected chi connectivity index (χ2v) is 6.56. The van der Waals surface area contributed by atoms with Crippen molar-refractivity contribution in [3.8, 4) is 5.75 Å². The van der Waals surface area contributed by atoms with Crippen LogP contribution in [0.5, 0.6) is 5.75 Å². The van der Waals surface area contributed by atoms with Gasteiger partial charge in [0.05, 0.1) is 12.1 Å². The van der Waals surface area contributed by atoms with Crippen LogP contribution in [0.25, 0.3) is 0 Å². The summed E-state index contributed by atoms with van der Waals surface area (Å²) in [6.07, 6.45) is 0.884. The van der Waals surface area contributed by atoms with Gasteiger partial charge in [-0.1, -0.05) is 45.7 Å². The topological polar surface area (TPSA) is 9.23 Å². The maximum absolute atomic E-state index is 6.12. The van der Waals surface area contributed by atoms with Gasteiger partial charge in [-0.05, 0) is 57.7 Å². The van der Waals surface area contributed by atoms with Crippen LogP contribution in [0.2, 0.25) is 5.02 Å². The minimum Gasteiger partial charge on any atom is -0.497 e. The van der Waals surface area contributed by atoms with Gasteiger partial charge in [-0.15, -0.1) is 0 Å². The predicted octanol–water partition coefficient (Wildman–Crippen LogP) is 5.79. The summed E-state index contributed by atoms with van der Waals surface area (Å²) in [7, 11) is 1.68. The molecule has 2 rings (SSSR count). The zero-order valence-electron chi connectivity index (χ0n) is 10.4. The van der Waals surface area contributed by atoms with Crippen LogP contribution in [0.3, 0.4) is 0 Å². The Morgan fingerprint density at radius 1 is 1.21 bits per heavy atom. The van der Waals surface area contributed by atoms with Gasteiger partial charge in [-0.3, -0.25) is 0 Å². The first-order valence-electron chi connectivity index (χ1n) is 5.82. The number of ether oxygens (including phenoxy) is 1. The summed E-state index contributed by atoms with van der Waals surface area (Å²) >= 11 is 13.2. The number of alkyl halides is 1. The van der Waals surface area contributed by atoms with Crippen LogP contribution in [0, 0.1) is 0 Å². The zero-order chi connectivity index (χ0) is 13.8. The molecule has 0 aliphatic rings. The number of benzene rings is 2. The Balaban J connectivity index is 2.15. The second kappa shape index (κ2) is 6.78. The van der Waals surface area contributed by atoms with E-state index in [2.05, 4.69) is 50.1 Å². The first-order chi connectivity index (χ1) is 9.10. The Kier molecular flexibility index (Phi) is 5.31.